The molecular weight excluding hydrogens is 347 g/mol. The number of rotatable bonds is 5. The van der Waals surface area contributed by atoms with Crippen LogP contribution in [0.4, 0.5) is 4.39 Å². The molecule has 0 saturated carbocycles. The second kappa shape index (κ2) is 8.77. The summed E-state index contributed by atoms with van der Waals surface area (Å²) in [4.78, 5) is 27.7. The fourth-order valence-electron chi connectivity index (χ4n) is 3.37. The van der Waals surface area contributed by atoms with Gasteiger partial charge in [-0.2, -0.15) is 0 Å². The Morgan fingerprint density at radius 1 is 0.963 bits per heavy atom. The van der Waals surface area contributed by atoms with Crippen molar-refractivity contribution in [2.75, 3.05) is 26.2 Å². The Bertz CT molecular complexity index is 825. The molecule has 1 aliphatic rings. The van der Waals surface area contributed by atoms with E-state index in [1.165, 1.54) is 12.1 Å². The zero-order valence-electron chi connectivity index (χ0n) is 15.1. The van der Waals surface area contributed by atoms with Crippen LogP contribution in [0.15, 0.2) is 48.5 Å². The van der Waals surface area contributed by atoms with Crippen molar-refractivity contribution >= 4 is 11.9 Å². The first-order valence-electron chi connectivity index (χ1n) is 9.08. The predicted octanol–water partition coefficient (Wildman–Crippen LogP) is 2.80. The van der Waals surface area contributed by atoms with Crippen LogP contribution in [0.5, 0.6) is 0 Å². The Labute approximate surface area is 158 Å². The number of hydrogen-bond acceptors (Lipinski definition) is 3. The lowest BCUT2D eigenvalue weighted by Gasteiger charge is -2.22. The van der Waals surface area contributed by atoms with Crippen molar-refractivity contribution in [1.82, 2.24) is 9.80 Å². The van der Waals surface area contributed by atoms with Crippen LogP contribution >= 0.6 is 0 Å². The number of benzene rings is 2. The van der Waals surface area contributed by atoms with Crippen LogP contribution < -0.4 is 0 Å². The molecule has 142 valence electrons. The highest BCUT2D eigenvalue weighted by atomic mass is 19.1. The van der Waals surface area contributed by atoms with Crippen molar-refractivity contribution in [3.8, 4) is 0 Å². The third kappa shape index (κ3) is 5.37. The van der Waals surface area contributed by atoms with Gasteiger partial charge in [0.2, 0.25) is 5.91 Å². The molecule has 1 N–H and O–H groups in total. The van der Waals surface area contributed by atoms with Crippen molar-refractivity contribution in [3.05, 3.63) is 71.0 Å². The van der Waals surface area contributed by atoms with Gasteiger partial charge in [-0.1, -0.05) is 24.3 Å². The molecule has 2 aromatic rings. The summed E-state index contributed by atoms with van der Waals surface area (Å²) in [5, 5.41) is 9.11. The topological polar surface area (TPSA) is 60.9 Å². The number of carbonyl (C=O) groups excluding carboxylic acids is 1. The average Bonchev–Trinajstić information content (AvgIpc) is 2.87. The zero-order valence-corrected chi connectivity index (χ0v) is 15.1. The molecule has 0 aliphatic carbocycles. The minimum Gasteiger partial charge on any atom is -0.478 e. The Kier molecular flexibility index (Phi) is 6.19. The van der Waals surface area contributed by atoms with Gasteiger partial charge in [0.15, 0.2) is 0 Å². The number of carboxylic acid groups (broad SMARTS) is 1. The maximum absolute atomic E-state index is 13.3. The number of amides is 1. The summed E-state index contributed by atoms with van der Waals surface area (Å²) in [6.07, 6.45) is 1.06. The quantitative estimate of drug-likeness (QED) is 0.879. The van der Waals surface area contributed by atoms with E-state index in [2.05, 4.69) is 4.90 Å². The second-order valence-electron chi connectivity index (χ2n) is 6.82. The fourth-order valence-corrected chi connectivity index (χ4v) is 3.37. The van der Waals surface area contributed by atoms with E-state index in [1.807, 2.05) is 11.0 Å². The number of carboxylic acids is 1. The van der Waals surface area contributed by atoms with E-state index in [9.17, 15) is 14.0 Å². The molecule has 5 nitrogen and oxygen atoms in total. The van der Waals surface area contributed by atoms with Crippen LogP contribution in [0, 0.1) is 5.82 Å². The van der Waals surface area contributed by atoms with Crippen LogP contribution in [0.3, 0.4) is 0 Å². The van der Waals surface area contributed by atoms with Gasteiger partial charge in [0.05, 0.1) is 12.0 Å². The molecule has 2 aromatic carbocycles. The summed E-state index contributed by atoms with van der Waals surface area (Å²) in [5.41, 5.74) is 1.93. The van der Waals surface area contributed by atoms with Crippen LogP contribution in [-0.4, -0.2) is 53.0 Å². The first-order valence-corrected chi connectivity index (χ1v) is 9.08. The first kappa shape index (κ1) is 19.0. The summed E-state index contributed by atoms with van der Waals surface area (Å²) in [6, 6.07) is 13.1. The number of carbonyl (C=O) groups is 2. The standard InChI is InChI=1S/C21H23FN2O3/c22-19-7-2-4-16(13-19)14-20(25)24-9-3-8-23(10-11-24)15-17-5-1-6-18(12-17)21(26)27/h1-2,4-7,12-13H,3,8-11,14-15H2,(H,26,27). The van der Waals surface area contributed by atoms with Crippen molar-refractivity contribution in [1.29, 1.82) is 0 Å². The van der Waals surface area contributed by atoms with Gasteiger partial charge in [-0.15, -0.1) is 0 Å². The van der Waals surface area contributed by atoms with Crippen LogP contribution in [0.1, 0.15) is 27.9 Å². The monoisotopic (exact) mass is 370 g/mol. The number of nitrogens with zero attached hydrogens (tertiary/aromatic N) is 2. The third-order valence-corrected chi connectivity index (χ3v) is 4.77. The van der Waals surface area contributed by atoms with E-state index < -0.39 is 5.97 Å². The molecule has 0 unspecified atom stereocenters. The molecular formula is C21H23FN2O3. The SMILES string of the molecule is O=C(O)c1cccc(CN2CCCN(C(=O)Cc3cccc(F)c3)CC2)c1. The molecule has 1 aliphatic heterocycles. The van der Waals surface area contributed by atoms with Gasteiger partial charge < -0.3 is 10.0 Å². The van der Waals surface area contributed by atoms with Crippen molar-refractivity contribution in [2.45, 2.75) is 19.4 Å². The van der Waals surface area contributed by atoms with Gasteiger partial charge in [-0.25, -0.2) is 9.18 Å². The molecule has 3 rings (SSSR count). The Morgan fingerprint density at radius 3 is 2.52 bits per heavy atom. The highest BCUT2D eigenvalue weighted by Gasteiger charge is 2.19. The van der Waals surface area contributed by atoms with Crippen LogP contribution in [0.25, 0.3) is 0 Å². The molecule has 0 aromatic heterocycles. The Morgan fingerprint density at radius 2 is 1.74 bits per heavy atom. The van der Waals surface area contributed by atoms with Crippen molar-refractivity contribution in [2.24, 2.45) is 0 Å². The lowest BCUT2D eigenvalue weighted by molar-refractivity contribution is -0.130. The van der Waals surface area contributed by atoms with E-state index in [4.69, 9.17) is 5.11 Å². The summed E-state index contributed by atoms with van der Waals surface area (Å²) in [6.45, 7) is 3.53. The molecule has 1 fully saturated rings. The van der Waals surface area contributed by atoms with Crippen LogP contribution in [-0.2, 0) is 17.8 Å². The van der Waals surface area contributed by atoms with E-state index in [0.29, 0.717) is 25.2 Å². The summed E-state index contributed by atoms with van der Waals surface area (Å²) in [5.74, 6) is -1.25. The molecule has 0 spiro atoms. The normalized spacial score (nSPS) is 15.4. The fraction of sp³-hybridized carbons (Fsp3) is 0.333. The highest BCUT2D eigenvalue weighted by Crippen LogP contribution is 2.13. The molecule has 6 heteroatoms. The van der Waals surface area contributed by atoms with Gasteiger partial charge in [-0.05, 0) is 41.8 Å². The van der Waals surface area contributed by atoms with Gasteiger partial charge in [-0.3, -0.25) is 9.69 Å². The first-order chi connectivity index (χ1) is 13.0. The zero-order chi connectivity index (χ0) is 19.2. The van der Waals surface area contributed by atoms with Crippen LogP contribution in [0.2, 0.25) is 0 Å². The molecule has 27 heavy (non-hydrogen) atoms. The number of halogens is 1. The van der Waals surface area contributed by atoms with Crippen molar-refractivity contribution < 1.29 is 19.1 Å². The van der Waals surface area contributed by atoms with Crippen molar-refractivity contribution in [3.63, 3.8) is 0 Å². The Hall–Kier alpha value is -2.73. The maximum atomic E-state index is 13.3. The van der Waals surface area contributed by atoms with E-state index >= 15 is 0 Å². The molecule has 0 atom stereocenters. The van der Waals surface area contributed by atoms with E-state index in [0.717, 1.165) is 25.1 Å². The Balaban J connectivity index is 1.56. The molecule has 1 saturated heterocycles. The summed E-state index contributed by atoms with van der Waals surface area (Å²) in [7, 11) is 0. The minimum absolute atomic E-state index is 0.00956. The summed E-state index contributed by atoms with van der Waals surface area (Å²) < 4.78 is 13.3. The summed E-state index contributed by atoms with van der Waals surface area (Å²) >= 11 is 0. The van der Waals surface area contributed by atoms with E-state index in [1.54, 1.807) is 30.3 Å². The highest BCUT2D eigenvalue weighted by molar-refractivity contribution is 5.87. The number of aromatic carboxylic acids is 1. The molecule has 1 heterocycles. The molecule has 1 amide bonds. The maximum Gasteiger partial charge on any atom is 0.335 e. The lowest BCUT2D eigenvalue weighted by atomic mass is 10.1. The predicted molar refractivity (Wildman–Crippen MR) is 100.0 cm³/mol. The smallest absolute Gasteiger partial charge is 0.335 e. The lowest BCUT2D eigenvalue weighted by Crippen LogP contribution is -2.36. The third-order valence-electron chi connectivity index (χ3n) is 4.77. The van der Waals surface area contributed by atoms with E-state index in [-0.39, 0.29) is 23.7 Å². The minimum atomic E-state index is -0.929. The molecule has 0 bridgehead atoms. The van der Waals surface area contributed by atoms with Gasteiger partial charge in [0.25, 0.3) is 0 Å². The van der Waals surface area contributed by atoms with Gasteiger partial charge in [0, 0.05) is 32.7 Å². The van der Waals surface area contributed by atoms with Gasteiger partial charge in [0.1, 0.15) is 5.82 Å². The molecule has 0 radical (unpaired) electrons. The van der Waals surface area contributed by atoms with Gasteiger partial charge >= 0.3 is 5.97 Å². The number of hydrogen-bond donors (Lipinski definition) is 1. The largest absolute Gasteiger partial charge is 0.478 e. The second-order valence-corrected chi connectivity index (χ2v) is 6.82. The average molecular weight is 370 g/mol.